The molecule has 0 radical (unpaired) electrons. The van der Waals surface area contributed by atoms with Gasteiger partial charge in [0.05, 0.1) is 10.5 Å². The molecule has 1 aromatic carbocycles. The number of halogens is 2. The van der Waals surface area contributed by atoms with Crippen LogP contribution in [0.5, 0.6) is 0 Å². The van der Waals surface area contributed by atoms with Crippen molar-refractivity contribution in [1.29, 1.82) is 0 Å². The Labute approximate surface area is 115 Å². The van der Waals surface area contributed by atoms with Crippen molar-refractivity contribution in [2.75, 3.05) is 31.1 Å². The van der Waals surface area contributed by atoms with Crippen molar-refractivity contribution in [2.45, 2.75) is 0 Å². The lowest BCUT2D eigenvalue weighted by atomic mass is 10.2. The van der Waals surface area contributed by atoms with Gasteiger partial charge in [-0.25, -0.2) is 9.97 Å². The second kappa shape index (κ2) is 4.88. The molecule has 0 saturated carbocycles. The minimum Gasteiger partial charge on any atom is -0.353 e. The monoisotopic (exact) mass is 282 g/mol. The van der Waals surface area contributed by atoms with E-state index in [1.165, 1.54) is 0 Å². The Morgan fingerprint density at radius 1 is 1.11 bits per heavy atom. The number of aromatic nitrogens is 2. The summed E-state index contributed by atoms with van der Waals surface area (Å²) in [5, 5.41) is 5.41. The Balaban J connectivity index is 2.16. The van der Waals surface area contributed by atoms with Gasteiger partial charge in [-0.1, -0.05) is 23.2 Å². The van der Waals surface area contributed by atoms with Gasteiger partial charge in [0, 0.05) is 36.6 Å². The molecule has 1 aliphatic heterocycles. The van der Waals surface area contributed by atoms with Crippen molar-refractivity contribution >= 4 is 39.9 Å². The van der Waals surface area contributed by atoms with Crippen molar-refractivity contribution in [3.05, 3.63) is 28.5 Å². The first-order valence-corrected chi connectivity index (χ1v) is 6.57. The minimum absolute atomic E-state index is 0.566. The summed E-state index contributed by atoms with van der Waals surface area (Å²) in [5.74, 6) is 0.908. The predicted molar refractivity (Wildman–Crippen MR) is 74.6 cm³/mol. The molecule has 1 aromatic heterocycles. The number of piperazine rings is 1. The third-order valence-electron chi connectivity index (χ3n) is 3.05. The summed E-state index contributed by atoms with van der Waals surface area (Å²) in [7, 11) is 0. The number of nitrogens with zero attached hydrogens (tertiary/aromatic N) is 3. The maximum Gasteiger partial charge on any atom is 0.140 e. The van der Waals surface area contributed by atoms with Crippen LogP contribution in [-0.2, 0) is 0 Å². The molecule has 1 fully saturated rings. The van der Waals surface area contributed by atoms with Crippen LogP contribution in [0.25, 0.3) is 10.9 Å². The molecule has 94 valence electrons. The van der Waals surface area contributed by atoms with Crippen LogP contribution in [0.1, 0.15) is 0 Å². The smallest absolute Gasteiger partial charge is 0.140 e. The lowest BCUT2D eigenvalue weighted by Gasteiger charge is -2.29. The fraction of sp³-hybridized carbons (Fsp3) is 0.333. The van der Waals surface area contributed by atoms with E-state index in [4.69, 9.17) is 23.2 Å². The van der Waals surface area contributed by atoms with Crippen molar-refractivity contribution in [1.82, 2.24) is 15.3 Å². The molecule has 3 rings (SSSR count). The summed E-state index contributed by atoms with van der Waals surface area (Å²) in [5.41, 5.74) is 0.754. The van der Waals surface area contributed by atoms with Gasteiger partial charge >= 0.3 is 0 Å². The molecule has 2 aromatic rings. The average Bonchev–Trinajstić information content (AvgIpc) is 2.39. The van der Waals surface area contributed by atoms with Gasteiger partial charge in [0.1, 0.15) is 12.1 Å². The number of fused-ring (bicyclic) bond motifs is 1. The minimum atomic E-state index is 0.566. The second-order valence-electron chi connectivity index (χ2n) is 4.22. The zero-order chi connectivity index (χ0) is 12.5. The molecule has 2 heterocycles. The first kappa shape index (κ1) is 12.0. The van der Waals surface area contributed by atoms with E-state index in [0.29, 0.717) is 10.0 Å². The van der Waals surface area contributed by atoms with E-state index < -0.39 is 0 Å². The number of hydrogen-bond acceptors (Lipinski definition) is 4. The van der Waals surface area contributed by atoms with Crippen molar-refractivity contribution in [3.8, 4) is 0 Å². The van der Waals surface area contributed by atoms with Crippen molar-refractivity contribution < 1.29 is 0 Å². The van der Waals surface area contributed by atoms with Gasteiger partial charge in [0.25, 0.3) is 0 Å². The molecule has 1 N–H and O–H groups in total. The second-order valence-corrected chi connectivity index (χ2v) is 5.06. The molecule has 1 saturated heterocycles. The molecule has 4 nitrogen and oxygen atoms in total. The van der Waals surface area contributed by atoms with E-state index in [1.54, 1.807) is 12.4 Å². The average molecular weight is 283 g/mol. The van der Waals surface area contributed by atoms with E-state index in [2.05, 4.69) is 20.2 Å². The van der Waals surface area contributed by atoms with E-state index in [0.717, 1.165) is 42.9 Å². The third kappa shape index (κ3) is 2.11. The summed E-state index contributed by atoms with van der Waals surface area (Å²) in [6.45, 7) is 3.77. The van der Waals surface area contributed by atoms with Crippen LogP contribution in [0.3, 0.4) is 0 Å². The normalized spacial score (nSPS) is 16.2. The summed E-state index contributed by atoms with van der Waals surface area (Å²) in [6, 6.07) is 3.58. The van der Waals surface area contributed by atoms with Crippen molar-refractivity contribution in [2.24, 2.45) is 0 Å². The van der Waals surface area contributed by atoms with E-state index in [9.17, 15) is 0 Å². The zero-order valence-corrected chi connectivity index (χ0v) is 11.2. The Morgan fingerprint density at radius 2 is 1.89 bits per heavy atom. The summed E-state index contributed by atoms with van der Waals surface area (Å²) in [6.07, 6.45) is 1.56. The molecule has 0 unspecified atom stereocenters. The third-order valence-corrected chi connectivity index (χ3v) is 3.56. The van der Waals surface area contributed by atoms with E-state index >= 15 is 0 Å². The Bertz CT molecular complexity index is 582. The van der Waals surface area contributed by atoms with Crippen LogP contribution in [-0.4, -0.2) is 36.1 Å². The number of rotatable bonds is 1. The SMILES string of the molecule is Clc1cc(Cl)c2ncnc(N3CCNCC3)c2c1. The Morgan fingerprint density at radius 3 is 2.67 bits per heavy atom. The number of nitrogens with one attached hydrogen (secondary N) is 1. The summed E-state index contributed by atoms with van der Waals surface area (Å²) < 4.78 is 0. The molecule has 0 aliphatic carbocycles. The van der Waals surface area contributed by atoms with Gasteiger partial charge in [0.15, 0.2) is 0 Å². The lowest BCUT2D eigenvalue weighted by Crippen LogP contribution is -2.44. The number of anilines is 1. The van der Waals surface area contributed by atoms with Crippen LogP contribution in [0, 0.1) is 0 Å². The summed E-state index contributed by atoms with van der Waals surface area (Å²) >= 11 is 12.2. The van der Waals surface area contributed by atoms with Crippen LogP contribution in [0.4, 0.5) is 5.82 Å². The number of benzene rings is 1. The highest BCUT2D eigenvalue weighted by molar-refractivity contribution is 6.38. The van der Waals surface area contributed by atoms with Gasteiger partial charge < -0.3 is 10.2 Å². The molecule has 18 heavy (non-hydrogen) atoms. The largest absolute Gasteiger partial charge is 0.353 e. The standard InChI is InChI=1S/C12H12Cl2N4/c13-8-5-9-11(10(14)6-8)16-7-17-12(9)18-3-1-15-2-4-18/h5-7,15H,1-4H2. The van der Waals surface area contributed by atoms with Crippen LogP contribution in [0.15, 0.2) is 18.5 Å². The predicted octanol–water partition coefficient (Wildman–Crippen LogP) is 2.35. The molecule has 0 atom stereocenters. The highest BCUT2D eigenvalue weighted by Gasteiger charge is 2.16. The van der Waals surface area contributed by atoms with Crippen LogP contribution < -0.4 is 10.2 Å². The maximum absolute atomic E-state index is 6.17. The highest BCUT2D eigenvalue weighted by Crippen LogP contribution is 2.31. The first-order valence-electron chi connectivity index (χ1n) is 5.81. The highest BCUT2D eigenvalue weighted by atomic mass is 35.5. The first-order chi connectivity index (χ1) is 8.75. The zero-order valence-electron chi connectivity index (χ0n) is 9.66. The molecular formula is C12H12Cl2N4. The lowest BCUT2D eigenvalue weighted by molar-refractivity contribution is 0.586. The van der Waals surface area contributed by atoms with Crippen molar-refractivity contribution in [3.63, 3.8) is 0 Å². The van der Waals surface area contributed by atoms with Crippen LogP contribution >= 0.6 is 23.2 Å². The van der Waals surface area contributed by atoms with E-state index in [-0.39, 0.29) is 0 Å². The van der Waals surface area contributed by atoms with Gasteiger partial charge in [-0.2, -0.15) is 0 Å². The topological polar surface area (TPSA) is 41.1 Å². The Hall–Kier alpha value is -1.10. The Kier molecular flexibility index (Phi) is 3.24. The maximum atomic E-state index is 6.17. The molecule has 0 spiro atoms. The molecule has 1 aliphatic rings. The fourth-order valence-electron chi connectivity index (χ4n) is 2.21. The molecular weight excluding hydrogens is 271 g/mol. The van der Waals surface area contributed by atoms with Gasteiger partial charge in [-0.05, 0) is 12.1 Å². The van der Waals surface area contributed by atoms with Gasteiger partial charge in [0.2, 0.25) is 0 Å². The molecule has 0 amide bonds. The number of hydrogen-bond donors (Lipinski definition) is 1. The molecule has 0 bridgehead atoms. The summed E-state index contributed by atoms with van der Waals surface area (Å²) in [4.78, 5) is 10.8. The van der Waals surface area contributed by atoms with Gasteiger partial charge in [-0.15, -0.1) is 0 Å². The fourth-order valence-corrected chi connectivity index (χ4v) is 2.75. The molecule has 6 heteroatoms. The quantitative estimate of drug-likeness (QED) is 0.872. The van der Waals surface area contributed by atoms with Gasteiger partial charge in [-0.3, -0.25) is 0 Å². The van der Waals surface area contributed by atoms with E-state index in [1.807, 2.05) is 6.07 Å². The van der Waals surface area contributed by atoms with Crippen LogP contribution in [0.2, 0.25) is 10.0 Å².